The molecule has 0 spiro atoms. The van der Waals surface area contributed by atoms with Gasteiger partial charge in [-0.05, 0) is 11.8 Å². The summed E-state index contributed by atoms with van der Waals surface area (Å²) in [5.74, 6) is 0.781. The van der Waals surface area contributed by atoms with Gasteiger partial charge < -0.3 is 4.74 Å². The summed E-state index contributed by atoms with van der Waals surface area (Å²) in [7, 11) is 0. The van der Waals surface area contributed by atoms with Crippen molar-refractivity contribution in [2.75, 3.05) is 6.58 Å². The van der Waals surface area contributed by atoms with Crippen molar-refractivity contribution in [3.05, 3.63) is 12.7 Å². The van der Waals surface area contributed by atoms with Crippen molar-refractivity contribution in [3.8, 4) is 0 Å². The third-order valence-corrected chi connectivity index (χ3v) is 2.03. The second-order valence-corrected chi connectivity index (χ2v) is 2.69. The van der Waals surface area contributed by atoms with Crippen LogP contribution in [-0.2, 0) is 4.74 Å². The third-order valence-electron chi connectivity index (χ3n) is 2.03. The first-order chi connectivity index (χ1) is 4.66. The Morgan fingerprint density at radius 3 is 2.67 bits per heavy atom. The summed E-state index contributed by atoms with van der Waals surface area (Å²) in [6, 6.07) is 0. The Morgan fingerprint density at radius 2 is 2.44 bits per heavy atom. The molecule has 0 aromatic rings. The van der Waals surface area contributed by atoms with Crippen molar-refractivity contribution in [2.45, 2.75) is 20.0 Å². The van der Waals surface area contributed by atoms with Crippen LogP contribution in [0.3, 0.4) is 0 Å². The maximum Gasteiger partial charge on any atom is 0.0782 e. The highest BCUT2D eigenvalue weighted by Crippen LogP contribution is 2.26. The van der Waals surface area contributed by atoms with E-state index in [0.717, 1.165) is 0 Å². The summed E-state index contributed by atoms with van der Waals surface area (Å²) in [6.45, 7) is 7.45. The zero-order chi connectivity index (χ0) is 7.72. The molecule has 4 atom stereocenters. The van der Waals surface area contributed by atoms with Crippen molar-refractivity contribution >= 4 is 0 Å². The summed E-state index contributed by atoms with van der Waals surface area (Å²) >= 11 is 0. The van der Waals surface area contributed by atoms with E-state index in [-0.39, 0.29) is 12.7 Å². The molecule has 1 heterocycles. The maximum atomic E-state index is 7.43. The molecule has 0 aliphatic carbocycles. The molecule has 1 fully saturated rings. The molecule has 0 radical (unpaired) electrons. The van der Waals surface area contributed by atoms with Gasteiger partial charge in [-0.25, -0.2) is 0 Å². The minimum atomic E-state index is -0.349. The average Bonchev–Trinajstić information content (AvgIpc) is 2.17. The van der Waals surface area contributed by atoms with Crippen molar-refractivity contribution in [1.29, 1.82) is 0 Å². The first-order valence-electron chi connectivity index (χ1n) is 3.95. The molecule has 0 amide bonds. The normalized spacial score (nSPS) is 52.9. The average molecular weight is 128 g/mol. The van der Waals surface area contributed by atoms with Gasteiger partial charge in [0.25, 0.3) is 0 Å². The molecule has 0 aromatic heterocycles. The molecule has 1 saturated heterocycles. The highest BCUT2D eigenvalue weighted by molar-refractivity contribution is 4.90. The van der Waals surface area contributed by atoms with E-state index in [4.69, 9.17) is 6.11 Å². The van der Waals surface area contributed by atoms with Crippen LogP contribution >= 0.6 is 0 Å². The Labute approximate surface area is 58.1 Å². The Kier molecular flexibility index (Phi) is 1.54. The second-order valence-electron chi connectivity index (χ2n) is 2.69. The Bertz CT molecular complexity index is 135. The highest BCUT2D eigenvalue weighted by Gasteiger charge is 2.27. The van der Waals surface area contributed by atoms with Gasteiger partial charge in [0.1, 0.15) is 0 Å². The lowest BCUT2D eigenvalue weighted by atomic mass is 9.95. The topological polar surface area (TPSA) is 9.23 Å². The van der Waals surface area contributed by atoms with Gasteiger partial charge in [-0.3, -0.25) is 0 Å². The molecule has 0 aromatic carbocycles. The number of ether oxygens (including phenoxy) is 1. The van der Waals surface area contributed by atoms with Crippen LogP contribution in [-0.4, -0.2) is 12.7 Å². The van der Waals surface area contributed by atoms with E-state index in [1.54, 1.807) is 6.08 Å². The molecule has 0 saturated carbocycles. The predicted molar refractivity (Wildman–Crippen MR) is 38.3 cm³/mol. The standard InChI is InChI=1S/C8H14O/c1-4-8-7(3)6(2)5-9-8/h4,6-8H,1,5H2,2-3H3/t6-,7-,8+/m0/s1/i5T/t5-,6+,7+,8-/m1. The molecule has 0 unspecified atom stereocenters. The first kappa shape index (κ1) is 5.48. The lowest BCUT2D eigenvalue weighted by Gasteiger charge is -2.10. The van der Waals surface area contributed by atoms with E-state index in [0.29, 0.717) is 11.8 Å². The lowest BCUT2D eigenvalue weighted by Crippen LogP contribution is -2.12. The van der Waals surface area contributed by atoms with Crippen molar-refractivity contribution in [2.24, 2.45) is 11.8 Å². The van der Waals surface area contributed by atoms with Crippen molar-refractivity contribution < 1.29 is 6.11 Å². The van der Waals surface area contributed by atoms with Gasteiger partial charge in [0.05, 0.1) is 14.1 Å². The minimum absolute atomic E-state index is 0.0949. The minimum Gasteiger partial charge on any atom is -0.374 e. The SMILES string of the molecule is [3H][C@H]1O[C@H](C=C)[C@@H](C)[C@H]1C. The second kappa shape index (κ2) is 2.53. The van der Waals surface area contributed by atoms with Crippen molar-refractivity contribution in [1.82, 2.24) is 0 Å². The van der Waals surface area contributed by atoms with Gasteiger partial charge in [0.2, 0.25) is 0 Å². The van der Waals surface area contributed by atoms with Gasteiger partial charge in [-0.2, -0.15) is 0 Å². The monoisotopic (exact) mass is 128 g/mol. The van der Waals surface area contributed by atoms with E-state index in [1.165, 1.54) is 0 Å². The Morgan fingerprint density at radius 1 is 1.78 bits per heavy atom. The lowest BCUT2D eigenvalue weighted by molar-refractivity contribution is 0.129. The summed E-state index contributed by atoms with van der Waals surface area (Å²) in [5, 5.41) is 0. The summed E-state index contributed by atoms with van der Waals surface area (Å²) in [5.41, 5.74) is 0. The molecule has 1 rings (SSSR count). The van der Waals surface area contributed by atoms with Crippen LogP contribution in [0.25, 0.3) is 0 Å². The molecule has 1 aliphatic rings. The van der Waals surface area contributed by atoms with Crippen LogP contribution in [0.1, 0.15) is 15.2 Å². The number of rotatable bonds is 1. The maximum absolute atomic E-state index is 7.43. The highest BCUT2D eigenvalue weighted by atomic mass is 16.5. The Hall–Kier alpha value is -0.300. The molecule has 52 valence electrons. The van der Waals surface area contributed by atoms with Gasteiger partial charge in [0.15, 0.2) is 0 Å². The summed E-state index contributed by atoms with van der Waals surface area (Å²) < 4.78 is 12.7. The van der Waals surface area contributed by atoms with Crippen LogP contribution in [0.5, 0.6) is 0 Å². The van der Waals surface area contributed by atoms with Gasteiger partial charge in [-0.15, -0.1) is 6.58 Å². The molecular weight excluding hydrogens is 112 g/mol. The number of hydrogen-bond acceptors (Lipinski definition) is 1. The van der Waals surface area contributed by atoms with Crippen molar-refractivity contribution in [3.63, 3.8) is 0 Å². The van der Waals surface area contributed by atoms with Crippen LogP contribution in [0.15, 0.2) is 12.7 Å². The fourth-order valence-electron chi connectivity index (χ4n) is 1.03. The van der Waals surface area contributed by atoms with E-state index in [1.807, 2.05) is 6.92 Å². The van der Waals surface area contributed by atoms with Crippen LogP contribution in [0.2, 0.25) is 0 Å². The fraction of sp³-hybridized carbons (Fsp3) is 0.750. The number of hydrogen-bond donors (Lipinski definition) is 0. The first-order valence-corrected chi connectivity index (χ1v) is 3.37. The molecular formula is C8H14O. The zero-order valence-corrected chi connectivity index (χ0v) is 6.00. The summed E-state index contributed by atoms with van der Waals surface area (Å²) in [4.78, 5) is 0. The van der Waals surface area contributed by atoms with Gasteiger partial charge >= 0.3 is 0 Å². The molecule has 1 heteroatoms. The van der Waals surface area contributed by atoms with Gasteiger partial charge in [0, 0.05) is 0 Å². The van der Waals surface area contributed by atoms with Crippen LogP contribution in [0, 0.1) is 11.8 Å². The molecule has 1 aliphatic heterocycles. The predicted octanol–water partition coefficient (Wildman–Crippen LogP) is 1.84. The van der Waals surface area contributed by atoms with Crippen LogP contribution < -0.4 is 0 Å². The quantitative estimate of drug-likeness (QED) is 0.490. The zero-order valence-electron chi connectivity index (χ0n) is 7.00. The van der Waals surface area contributed by atoms with E-state index >= 15 is 0 Å². The van der Waals surface area contributed by atoms with Gasteiger partial charge in [-0.1, -0.05) is 19.9 Å². The Balaban J connectivity index is 2.61. The molecule has 9 heavy (non-hydrogen) atoms. The summed E-state index contributed by atoms with van der Waals surface area (Å²) in [6.07, 6.45) is 1.88. The molecule has 0 N–H and O–H groups in total. The van der Waals surface area contributed by atoms with Crippen LogP contribution in [0.4, 0.5) is 0 Å². The molecule has 1 nitrogen and oxygen atoms in total. The van der Waals surface area contributed by atoms with E-state index in [2.05, 4.69) is 13.5 Å². The fourth-order valence-corrected chi connectivity index (χ4v) is 1.03. The van der Waals surface area contributed by atoms with E-state index < -0.39 is 0 Å². The largest absolute Gasteiger partial charge is 0.374 e. The third kappa shape index (κ3) is 1.16. The van der Waals surface area contributed by atoms with E-state index in [9.17, 15) is 0 Å². The molecule has 0 bridgehead atoms. The smallest absolute Gasteiger partial charge is 0.0782 e.